The van der Waals surface area contributed by atoms with Crippen molar-refractivity contribution in [3.05, 3.63) is 118 Å². The van der Waals surface area contributed by atoms with Gasteiger partial charge in [-0.15, -0.1) is 0 Å². The highest BCUT2D eigenvalue weighted by Gasteiger charge is 2.61. The van der Waals surface area contributed by atoms with Gasteiger partial charge in [0.15, 0.2) is 23.1 Å². The zero-order valence-corrected chi connectivity index (χ0v) is 25.6. The van der Waals surface area contributed by atoms with E-state index in [1.807, 2.05) is 12.1 Å². The van der Waals surface area contributed by atoms with Gasteiger partial charge < -0.3 is 19.7 Å². The summed E-state index contributed by atoms with van der Waals surface area (Å²) >= 11 is 0. The lowest BCUT2D eigenvalue weighted by molar-refractivity contribution is -0.137. The molecule has 1 fully saturated rings. The topological polar surface area (TPSA) is 127 Å². The summed E-state index contributed by atoms with van der Waals surface area (Å²) in [5, 5.41) is 22.0. The summed E-state index contributed by atoms with van der Waals surface area (Å²) in [6.45, 7) is 6.48. The second kappa shape index (κ2) is 11.1. The largest absolute Gasteiger partial charge is 0.507 e. The summed E-state index contributed by atoms with van der Waals surface area (Å²) in [5.41, 5.74) is -1.81. The van der Waals surface area contributed by atoms with Crippen LogP contribution in [0.25, 0.3) is 0 Å². The van der Waals surface area contributed by atoms with Gasteiger partial charge in [-0.05, 0) is 38.8 Å². The van der Waals surface area contributed by atoms with Crippen molar-refractivity contribution in [3.63, 3.8) is 0 Å². The number of ether oxygens (including phenoxy) is 2. The maximum Gasteiger partial charge on any atom is 0.183 e. The first-order chi connectivity index (χ1) is 20.8. The molecule has 2 N–H and O–H groups in total. The molecule has 3 aliphatic rings. The van der Waals surface area contributed by atoms with Crippen molar-refractivity contribution in [3.8, 4) is 0 Å². The molecule has 2 aromatic carbocycles. The van der Waals surface area contributed by atoms with Crippen LogP contribution in [0, 0.1) is 22.7 Å². The lowest BCUT2D eigenvalue weighted by atomic mass is 9.48. The molecular formula is C36H36O8. The van der Waals surface area contributed by atoms with E-state index in [1.165, 1.54) is 26.4 Å². The highest BCUT2D eigenvalue weighted by atomic mass is 16.5. The average molecular weight is 597 g/mol. The van der Waals surface area contributed by atoms with Crippen molar-refractivity contribution in [2.45, 2.75) is 39.5 Å². The van der Waals surface area contributed by atoms with Crippen LogP contribution in [0.2, 0.25) is 0 Å². The maximum absolute atomic E-state index is 14.5. The molecule has 0 radical (unpaired) electrons. The van der Waals surface area contributed by atoms with Gasteiger partial charge in [0.25, 0.3) is 0 Å². The summed E-state index contributed by atoms with van der Waals surface area (Å²) in [5.74, 6) is -6.35. The van der Waals surface area contributed by atoms with Crippen LogP contribution < -0.4 is 0 Å². The third-order valence-corrected chi connectivity index (χ3v) is 9.32. The SMILES string of the molecule is COC1=CC(O)=C(C(=O)C2C(c3ccccc3)C(C(=O)C3=C(O)C=C(OC)C(C)(C)C3=O)C2c2ccccc2)C(=O)C1(C)C. The Morgan fingerprint density at radius 1 is 0.614 bits per heavy atom. The van der Waals surface area contributed by atoms with Crippen molar-refractivity contribution in [2.24, 2.45) is 22.7 Å². The molecule has 228 valence electrons. The number of carbonyl (C=O) groups is 4. The van der Waals surface area contributed by atoms with Crippen molar-refractivity contribution < 1.29 is 38.9 Å². The molecule has 0 bridgehead atoms. The zero-order valence-electron chi connectivity index (χ0n) is 25.6. The first-order valence-corrected chi connectivity index (χ1v) is 14.5. The van der Waals surface area contributed by atoms with E-state index in [0.29, 0.717) is 11.1 Å². The normalized spacial score (nSPS) is 26.0. The summed E-state index contributed by atoms with van der Waals surface area (Å²) < 4.78 is 10.7. The molecule has 8 nitrogen and oxygen atoms in total. The van der Waals surface area contributed by atoms with Gasteiger partial charge in [-0.3, -0.25) is 19.2 Å². The fourth-order valence-corrected chi connectivity index (χ4v) is 6.85. The van der Waals surface area contributed by atoms with Crippen LogP contribution >= 0.6 is 0 Å². The molecule has 0 saturated heterocycles. The first-order valence-electron chi connectivity index (χ1n) is 14.5. The number of rotatable bonds is 8. The third kappa shape index (κ3) is 4.60. The fourth-order valence-electron chi connectivity index (χ4n) is 6.85. The molecule has 0 heterocycles. The number of aliphatic hydroxyl groups excluding tert-OH is 2. The molecular weight excluding hydrogens is 560 g/mol. The minimum Gasteiger partial charge on any atom is -0.507 e. The number of hydrogen-bond donors (Lipinski definition) is 2. The minimum atomic E-state index is -1.21. The Labute approximate surface area is 256 Å². The Kier molecular flexibility index (Phi) is 7.74. The van der Waals surface area contributed by atoms with Crippen LogP contribution in [0.1, 0.15) is 50.7 Å². The number of hydrogen-bond acceptors (Lipinski definition) is 8. The molecule has 44 heavy (non-hydrogen) atoms. The third-order valence-electron chi connectivity index (χ3n) is 9.32. The average Bonchev–Trinajstić information content (AvgIpc) is 2.98. The Balaban J connectivity index is 1.70. The quantitative estimate of drug-likeness (QED) is 0.364. The lowest BCUT2D eigenvalue weighted by Gasteiger charge is -2.52. The number of benzene rings is 2. The molecule has 0 spiro atoms. The second-order valence-electron chi connectivity index (χ2n) is 12.5. The molecule has 0 aromatic heterocycles. The number of aliphatic hydroxyl groups is 2. The van der Waals surface area contributed by atoms with E-state index >= 15 is 0 Å². The van der Waals surface area contributed by atoms with Crippen molar-refractivity contribution >= 4 is 23.1 Å². The van der Waals surface area contributed by atoms with Crippen molar-refractivity contribution in [2.75, 3.05) is 14.2 Å². The van der Waals surface area contributed by atoms with E-state index < -0.39 is 69.2 Å². The van der Waals surface area contributed by atoms with Gasteiger partial charge in [-0.25, -0.2) is 0 Å². The van der Waals surface area contributed by atoms with E-state index in [2.05, 4.69) is 0 Å². The van der Waals surface area contributed by atoms with Gasteiger partial charge >= 0.3 is 0 Å². The van der Waals surface area contributed by atoms with Crippen LogP contribution in [-0.2, 0) is 28.7 Å². The van der Waals surface area contributed by atoms with Gasteiger partial charge in [0.1, 0.15) is 34.2 Å². The molecule has 1 saturated carbocycles. The standard InChI is InChI=1S/C36H36O8/c1-35(2)23(43-5)17-21(37)27(33(35)41)31(39)29-25(19-13-9-7-10-14-19)30(26(29)20-15-11-8-12-16-20)32(40)28-22(38)18-24(44-6)36(3,4)34(28)42/h7-18,25-26,29-30,37-38H,1-6H3. The Bertz CT molecular complexity index is 1540. The van der Waals surface area contributed by atoms with Gasteiger partial charge in [-0.2, -0.15) is 0 Å². The van der Waals surface area contributed by atoms with Gasteiger partial charge in [0.2, 0.25) is 0 Å². The predicted octanol–water partition coefficient (Wildman–Crippen LogP) is 5.84. The second-order valence-corrected chi connectivity index (χ2v) is 12.5. The monoisotopic (exact) mass is 596 g/mol. The molecule has 8 heteroatoms. The molecule has 5 rings (SSSR count). The number of allylic oxidation sites excluding steroid dienone is 6. The zero-order chi connectivity index (χ0) is 32.1. The van der Waals surface area contributed by atoms with Crippen LogP contribution in [0.4, 0.5) is 0 Å². The molecule has 2 aromatic rings. The van der Waals surface area contributed by atoms with E-state index in [9.17, 15) is 29.4 Å². The molecule has 0 atom stereocenters. The van der Waals surface area contributed by atoms with Crippen LogP contribution in [-0.4, -0.2) is 47.6 Å². The Morgan fingerprint density at radius 3 is 1.23 bits per heavy atom. The maximum atomic E-state index is 14.5. The number of ketones is 4. The molecule has 0 aliphatic heterocycles. The molecule has 0 amide bonds. The van der Waals surface area contributed by atoms with Crippen LogP contribution in [0.5, 0.6) is 0 Å². The summed E-state index contributed by atoms with van der Waals surface area (Å²) in [6.07, 6.45) is 2.58. The van der Waals surface area contributed by atoms with Crippen LogP contribution in [0.15, 0.2) is 107 Å². The van der Waals surface area contributed by atoms with E-state index in [-0.39, 0.29) is 22.7 Å². The van der Waals surface area contributed by atoms with Gasteiger partial charge in [0.05, 0.1) is 25.0 Å². The summed E-state index contributed by atoms with van der Waals surface area (Å²) in [4.78, 5) is 56.6. The number of carbonyl (C=O) groups excluding carboxylic acids is 4. The minimum absolute atomic E-state index is 0.224. The summed E-state index contributed by atoms with van der Waals surface area (Å²) in [6, 6.07) is 17.9. The highest BCUT2D eigenvalue weighted by Crippen LogP contribution is 2.60. The fraction of sp³-hybridized carbons (Fsp3) is 0.333. The van der Waals surface area contributed by atoms with Crippen molar-refractivity contribution in [1.82, 2.24) is 0 Å². The molecule has 3 aliphatic carbocycles. The van der Waals surface area contributed by atoms with Gasteiger partial charge in [0, 0.05) is 35.8 Å². The van der Waals surface area contributed by atoms with Crippen LogP contribution in [0.3, 0.4) is 0 Å². The highest BCUT2D eigenvalue weighted by molar-refractivity contribution is 6.27. The number of methoxy groups -OCH3 is 2. The summed E-state index contributed by atoms with van der Waals surface area (Å²) in [7, 11) is 2.78. The molecule has 0 unspecified atom stereocenters. The van der Waals surface area contributed by atoms with Crippen molar-refractivity contribution in [1.29, 1.82) is 0 Å². The van der Waals surface area contributed by atoms with E-state index in [1.54, 1.807) is 76.2 Å². The lowest BCUT2D eigenvalue weighted by Crippen LogP contribution is -2.54. The first kappa shape index (κ1) is 30.7. The van der Waals surface area contributed by atoms with E-state index in [0.717, 1.165) is 0 Å². The Morgan fingerprint density at radius 2 is 0.932 bits per heavy atom. The Hall–Kier alpha value is -4.72. The smallest absolute Gasteiger partial charge is 0.183 e. The number of Topliss-reactive ketones (excluding diaryl/α,β-unsaturated/α-hetero) is 4. The van der Waals surface area contributed by atoms with Gasteiger partial charge in [-0.1, -0.05) is 60.7 Å². The predicted molar refractivity (Wildman–Crippen MR) is 162 cm³/mol. The van der Waals surface area contributed by atoms with E-state index in [4.69, 9.17) is 9.47 Å².